The number of allylic oxidation sites excluding steroid dienone is 8. The van der Waals surface area contributed by atoms with Crippen LogP contribution in [0.15, 0.2) is 115 Å². The minimum absolute atomic E-state index is 0.660. The highest BCUT2D eigenvalue weighted by atomic mass is 15.2. The van der Waals surface area contributed by atoms with Crippen molar-refractivity contribution >= 4 is 71.0 Å². The summed E-state index contributed by atoms with van der Waals surface area (Å²) in [5.74, 6) is 2.15. The molecule has 4 heterocycles. The molecular weight excluding hydrogens is 538 g/mol. The van der Waals surface area contributed by atoms with Gasteiger partial charge in [0.05, 0.1) is 27.6 Å². The lowest BCUT2D eigenvalue weighted by atomic mass is 10.0. The van der Waals surface area contributed by atoms with Crippen molar-refractivity contribution in [2.24, 2.45) is 0 Å². The minimum atomic E-state index is 0.660. The Morgan fingerprint density at radius 2 is 1.30 bits per heavy atom. The topological polar surface area (TPSA) is 48.0 Å². The average Bonchev–Trinajstić information content (AvgIpc) is 3.73. The first-order chi connectivity index (χ1) is 21.8. The van der Waals surface area contributed by atoms with E-state index >= 15 is 0 Å². The van der Waals surface area contributed by atoms with Gasteiger partial charge in [-0.3, -0.25) is 4.57 Å². The Morgan fingerprint density at radius 1 is 0.568 bits per heavy atom. The Morgan fingerprint density at radius 3 is 2.11 bits per heavy atom. The highest BCUT2D eigenvalue weighted by Gasteiger charge is 2.22. The SMILES string of the molecule is C1=CCCC(c2nc(C3=CCCC=C3)nc(-n3c4ccccc4c4cc5c(cc43)c3cccc4c6ccccc6n5c43)n2)=C1. The molecule has 4 aromatic heterocycles. The van der Waals surface area contributed by atoms with E-state index in [-0.39, 0.29) is 0 Å². The van der Waals surface area contributed by atoms with Crippen LogP contribution >= 0.6 is 0 Å². The van der Waals surface area contributed by atoms with Crippen LogP contribution in [0.1, 0.15) is 37.3 Å². The Bertz CT molecular complexity index is 2610. The number of para-hydroxylation sites is 3. The predicted molar refractivity (Wildman–Crippen MR) is 182 cm³/mol. The van der Waals surface area contributed by atoms with Gasteiger partial charge in [-0.2, -0.15) is 9.97 Å². The van der Waals surface area contributed by atoms with Crippen LogP contribution in [0.3, 0.4) is 0 Å². The summed E-state index contributed by atoms with van der Waals surface area (Å²) in [6.07, 6.45) is 17.0. The summed E-state index contributed by atoms with van der Waals surface area (Å²) in [5, 5.41) is 7.47. The van der Waals surface area contributed by atoms with E-state index in [1.165, 1.54) is 48.9 Å². The fourth-order valence-corrected chi connectivity index (χ4v) is 7.41. The van der Waals surface area contributed by atoms with Crippen LogP contribution in [-0.4, -0.2) is 23.9 Å². The number of rotatable bonds is 3. The largest absolute Gasteiger partial charge is 0.308 e. The molecule has 2 aliphatic carbocycles. The van der Waals surface area contributed by atoms with E-state index in [1.54, 1.807) is 0 Å². The van der Waals surface area contributed by atoms with Crippen molar-refractivity contribution in [3.8, 4) is 5.95 Å². The second-order valence-corrected chi connectivity index (χ2v) is 11.9. The van der Waals surface area contributed by atoms with Crippen molar-refractivity contribution in [3.63, 3.8) is 0 Å². The van der Waals surface area contributed by atoms with E-state index in [9.17, 15) is 0 Å². The molecule has 208 valence electrons. The molecule has 0 N–H and O–H groups in total. The average molecular weight is 566 g/mol. The van der Waals surface area contributed by atoms with E-state index < -0.39 is 0 Å². The van der Waals surface area contributed by atoms with Crippen LogP contribution in [-0.2, 0) is 0 Å². The fourth-order valence-electron chi connectivity index (χ4n) is 7.41. The van der Waals surface area contributed by atoms with Gasteiger partial charge >= 0.3 is 0 Å². The summed E-state index contributed by atoms with van der Waals surface area (Å²) in [6, 6.07) is 28.8. The lowest BCUT2D eigenvalue weighted by Gasteiger charge is -2.14. The lowest BCUT2D eigenvalue weighted by molar-refractivity contribution is 0.892. The fraction of sp³-hybridized carbons (Fsp3) is 0.103. The van der Waals surface area contributed by atoms with Crippen LogP contribution in [0.4, 0.5) is 0 Å². The number of benzene rings is 4. The molecule has 5 heteroatoms. The summed E-state index contributed by atoms with van der Waals surface area (Å²) < 4.78 is 4.70. The van der Waals surface area contributed by atoms with Crippen molar-refractivity contribution in [1.82, 2.24) is 23.9 Å². The summed E-state index contributed by atoms with van der Waals surface area (Å²) in [7, 11) is 0. The first-order valence-electron chi connectivity index (χ1n) is 15.4. The Balaban J connectivity index is 1.33. The van der Waals surface area contributed by atoms with Gasteiger partial charge in [0, 0.05) is 37.9 Å². The first-order valence-corrected chi connectivity index (χ1v) is 15.4. The van der Waals surface area contributed by atoms with Crippen molar-refractivity contribution < 1.29 is 0 Å². The number of hydrogen-bond acceptors (Lipinski definition) is 3. The van der Waals surface area contributed by atoms with Crippen LogP contribution in [0.25, 0.3) is 77.0 Å². The highest BCUT2D eigenvalue weighted by Crippen LogP contribution is 2.42. The van der Waals surface area contributed by atoms with Gasteiger partial charge in [-0.05, 0) is 55.5 Å². The number of nitrogens with zero attached hydrogens (tertiary/aromatic N) is 5. The van der Waals surface area contributed by atoms with Gasteiger partial charge in [-0.1, -0.05) is 91.1 Å². The molecule has 0 atom stereocenters. The van der Waals surface area contributed by atoms with Crippen LogP contribution in [0.5, 0.6) is 0 Å². The van der Waals surface area contributed by atoms with E-state index in [1.807, 2.05) is 0 Å². The summed E-state index contributed by atoms with van der Waals surface area (Å²) in [5.41, 5.74) is 8.16. The Kier molecular flexibility index (Phi) is 4.89. The Hall–Kier alpha value is -5.55. The van der Waals surface area contributed by atoms with Crippen molar-refractivity contribution in [2.45, 2.75) is 25.7 Å². The lowest BCUT2D eigenvalue weighted by Crippen LogP contribution is -2.10. The standard InChI is InChI=1S/C39H27N5/c1-3-12-24(13-4-1)37-40-38(25-14-5-2-6-15-25)42-39(41-37)44-33-21-10-8-17-27(33)30-22-34-31(23-35(30)44)29-19-11-18-28-26-16-7-9-20-32(26)43(34)36(28)29/h1,3,5,7-12,14-23H,2,4,6,13H2. The molecule has 0 spiro atoms. The third-order valence-electron chi connectivity index (χ3n) is 9.39. The molecule has 10 rings (SSSR count). The third kappa shape index (κ3) is 3.26. The van der Waals surface area contributed by atoms with Crippen LogP contribution in [0.2, 0.25) is 0 Å². The summed E-state index contributed by atoms with van der Waals surface area (Å²) in [4.78, 5) is 15.4. The zero-order chi connectivity index (χ0) is 28.8. The highest BCUT2D eigenvalue weighted by molar-refractivity contribution is 6.26. The van der Waals surface area contributed by atoms with Gasteiger partial charge in [-0.15, -0.1) is 0 Å². The molecule has 0 unspecified atom stereocenters. The van der Waals surface area contributed by atoms with E-state index in [0.717, 1.165) is 59.5 Å². The molecular formula is C39H27N5. The van der Waals surface area contributed by atoms with Gasteiger partial charge < -0.3 is 4.40 Å². The molecule has 2 aliphatic rings. The van der Waals surface area contributed by atoms with Gasteiger partial charge in [0.25, 0.3) is 0 Å². The van der Waals surface area contributed by atoms with Crippen molar-refractivity contribution in [2.75, 3.05) is 0 Å². The molecule has 4 aromatic carbocycles. The van der Waals surface area contributed by atoms with E-state index in [0.29, 0.717) is 5.95 Å². The van der Waals surface area contributed by atoms with Gasteiger partial charge in [0.1, 0.15) is 0 Å². The molecule has 0 saturated heterocycles. The molecule has 44 heavy (non-hydrogen) atoms. The number of hydrogen-bond donors (Lipinski definition) is 0. The Labute approximate surface area is 253 Å². The molecule has 0 aliphatic heterocycles. The smallest absolute Gasteiger partial charge is 0.238 e. The van der Waals surface area contributed by atoms with Gasteiger partial charge in [-0.25, -0.2) is 4.98 Å². The van der Waals surface area contributed by atoms with Crippen LogP contribution in [0, 0.1) is 0 Å². The van der Waals surface area contributed by atoms with E-state index in [4.69, 9.17) is 15.0 Å². The molecule has 0 saturated carbocycles. The second-order valence-electron chi connectivity index (χ2n) is 11.9. The van der Waals surface area contributed by atoms with Crippen molar-refractivity contribution in [1.29, 1.82) is 0 Å². The maximum absolute atomic E-state index is 5.18. The number of fused-ring (bicyclic) bond motifs is 9. The number of aromatic nitrogens is 5. The van der Waals surface area contributed by atoms with Gasteiger partial charge in [0.15, 0.2) is 11.6 Å². The maximum atomic E-state index is 5.18. The summed E-state index contributed by atoms with van der Waals surface area (Å²) in [6.45, 7) is 0. The van der Waals surface area contributed by atoms with Crippen LogP contribution < -0.4 is 0 Å². The normalized spacial score (nSPS) is 15.5. The third-order valence-corrected chi connectivity index (χ3v) is 9.39. The molecule has 0 radical (unpaired) electrons. The first kappa shape index (κ1) is 24.0. The maximum Gasteiger partial charge on any atom is 0.238 e. The summed E-state index contributed by atoms with van der Waals surface area (Å²) >= 11 is 0. The quantitative estimate of drug-likeness (QED) is 0.214. The predicted octanol–water partition coefficient (Wildman–Crippen LogP) is 9.59. The van der Waals surface area contributed by atoms with Crippen molar-refractivity contribution in [3.05, 3.63) is 127 Å². The molecule has 0 bridgehead atoms. The monoisotopic (exact) mass is 565 g/mol. The zero-order valence-corrected chi connectivity index (χ0v) is 24.0. The minimum Gasteiger partial charge on any atom is -0.308 e. The second kappa shape index (κ2) is 8.98. The molecule has 0 amide bonds. The zero-order valence-electron chi connectivity index (χ0n) is 24.0. The van der Waals surface area contributed by atoms with E-state index in [2.05, 4.69) is 124 Å². The molecule has 8 aromatic rings. The molecule has 5 nitrogen and oxygen atoms in total. The van der Waals surface area contributed by atoms with Gasteiger partial charge in [0.2, 0.25) is 5.95 Å². The molecule has 0 fully saturated rings.